The molecule has 0 saturated carbocycles. The van der Waals surface area contributed by atoms with Crippen LogP contribution in [0.3, 0.4) is 0 Å². The Labute approximate surface area is 185 Å². The highest BCUT2D eigenvalue weighted by atomic mass is 32.1. The van der Waals surface area contributed by atoms with E-state index in [0.717, 1.165) is 71.2 Å². The smallest absolute Gasteiger partial charge is 0.256 e. The van der Waals surface area contributed by atoms with Gasteiger partial charge in [0.2, 0.25) is 0 Å². The molecule has 1 saturated heterocycles. The minimum atomic E-state index is 0.105. The molecule has 0 atom stereocenters. The zero-order valence-electron chi connectivity index (χ0n) is 17.4. The van der Waals surface area contributed by atoms with Crippen molar-refractivity contribution in [3.8, 4) is 17.0 Å². The first-order valence-corrected chi connectivity index (χ1v) is 11.3. The lowest BCUT2D eigenvalue weighted by atomic mass is 10.1. The van der Waals surface area contributed by atoms with Crippen molar-refractivity contribution in [2.24, 2.45) is 0 Å². The van der Waals surface area contributed by atoms with E-state index in [1.165, 1.54) is 0 Å². The number of rotatable bonds is 5. The Morgan fingerprint density at radius 2 is 1.87 bits per heavy atom. The summed E-state index contributed by atoms with van der Waals surface area (Å²) in [6.45, 7) is 3.98. The van der Waals surface area contributed by atoms with Gasteiger partial charge in [-0.25, -0.2) is 4.98 Å². The number of aromatic nitrogens is 2. The third-order valence-corrected chi connectivity index (χ3v) is 6.61. The molecule has 0 bridgehead atoms. The second-order valence-electron chi connectivity index (χ2n) is 7.67. The number of piperazine rings is 1. The number of para-hydroxylation sites is 1. The van der Waals surface area contributed by atoms with Gasteiger partial charge < -0.3 is 14.6 Å². The molecule has 3 heterocycles. The standard InChI is InChI=1S/C24H24N4O2S/c1-30-18-8-6-17(7-9-18)22-16-31-23(26-22)15-27-10-12-28(13-11-27)24(29)20-14-25-21-5-3-2-4-19(20)21/h2-9,14,16,25H,10-13,15H2,1H3. The quantitative estimate of drug-likeness (QED) is 0.512. The first-order chi connectivity index (χ1) is 15.2. The molecule has 31 heavy (non-hydrogen) atoms. The Kier molecular flexibility index (Phi) is 5.44. The lowest BCUT2D eigenvalue weighted by molar-refractivity contribution is 0.0630. The summed E-state index contributed by atoms with van der Waals surface area (Å²) in [5.74, 6) is 0.951. The van der Waals surface area contributed by atoms with Gasteiger partial charge in [0.25, 0.3) is 5.91 Å². The topological polar surface area (TPSA) is 61.5 Å². The van der Waals surface area contributed by atoms with E-state index in [1.54, 1.807) is 18.4 Å². The minimum absolute atomic E-state index is 0.105. The highest BCUT2D eigenvalue weighted by Crippen LogP contribution is 2.25. The Balaban J connectivity index is 1.19. The second-order valence-corrected chi connectivity index (χ2v) is 8.61. The number of aromatic amines is 1. The van der Waals surface area contributed by atoms with Gasteiger partial charge in [-0.15, -0.1) is 11.3 Å². The van der Waals surface area contributed by atoms with Crippen molar-refractivity contribution in [1.82, 2.24) is 19.8 Å². The van der Waals surface area contributed by atoms with Crippen LogP contribution in [0.25, 0.3) is 22.2 Å². The summed E-state index contributed by atoms with van der Waals surface area (Å²) in [4.78, 5) is 25.4. The maximum Gasteiger partial charge on any atom is 0.256 e. The van der Waals surface area contributed by atoms with Crippen molar-refractivity contribution in [2.75, 3.05) is 33.3 Å². The number of fused-ring (bicyclic) bond motifs is 1. The molecule has 0 unspecified atom stereocenters. The van der Waals surface area contributed by atoms with Gasteiger partial charge in [0, 0.05) is 54.2 Å². The van der Waals surface area contributed by atoms with Gasteiger partial charge in [-0.3, -0.25) is 9.69 Å². The van der Waals surface area contributed by atoms with Gasteiger partial charge >= 0.3 is 0 Å². The lowest BCUT2D eigenvalue weighted by Gasteiger charge is -2.34. The van der Waals surface area contributed by atoms with Gasteiger partial charge in [0.1, 0.15) is 10.8 Å². The number of nitrogens with one attached hydrogen (secondary N) is 1. The highest BCUT2D eigenvalue weighted by Gasteiger charge is 2.24. The minimum Gasteiger partial charge on any atom is -0.497 e. The summed E-state index contributed by atoms with van der Waals surface area (Å²) < 4.78 is 5.23. The van der Waals surface area contributed by atoms with E-state index in [-0.39, 0.29) is 5.91 Å². The third-order valence-electron chi connectivity index (χ3n) is 5.78. The van der Waals surface area contributed by atoms with Gasteiger partial charge in [0.05, 0.1) is 24.9 Å². The van der Waals surface area contributed by atoms with Crippen molar-refractivity contribution in [3.05, 3.63) is 70.7 Å². The van der Waals surface area contributed by atoms with Crippen LogP contribution >= 0.6 is 11.3 Å². The van der Waals surface area contributed by atoms with E-state index < -0.39 is 0 Å². The van der Waals surface area contributed by atoms with Crippen LogP contribution < -0.4 is 4.74 Å². The lowest BCUT2D eigenvalue weighted by Crippen LogP contribution is -2.48. The van der Waals surface area contributed by atoms with Gasteiger partial charge in [-0.05, 0) is 30.3 Å². The largest absolute Gasteiger partial charge is 0.497 e. The molecule has 1 fully saturated rings. The molecule has 158 valence electrons. The predicted octanol–water partition coefficient (Wildman–Crippen LogP) is 4.26. The number of amides is 1. The predicted molar refractivity (Wildman–Crippen MR) is 124 cm³/mol. The highest BCUT2D eigenvalue weighted by molar-refractivity contribution is 7.09. The number of H-pyrrole nitrogens is 1. The number of benzene rings is 2. The summed E-state index contributed by atoms with van der Waals surface area (Å²) in [6.07, 6.45) is 1.83. The average Bonchev–Trinajstić information content (AvgIpc) is 3.46. The van der Waals surface area contributed by atoms with Crippen LogP contribution in [0, 0.1) is 0 Å². The van der Waals surface area contributed by atoms with Crippen LogP contribution in [0.5, 0.6) is 5.75 Å². The maximum atomic E-state index is 13.0. The Morgan fingerprint density at radius 1 is 1.10 bits per heavy atom. The van der Waals surface area contributed by atoms with E-state index in [0.29, 0.717) is 0 Å². The van der Waals surface area contributed by atoms with Crippen molar-refractivity contribution in [2.45, 2.75) is 6.54 Å². The SMILES string of the molecule is COc1ccc(-c2csc(CN3CCN(C(=O)c4c[nH]c5ccccc45)CC3)n2)cc1. The van der Waals surface area contributed by atoms with E-state index in [1.807, 2.05) is 59.6 Å². The van der Waals surface area contributed by atoms with Crippen molar-refractivity contribution >= 4 is 28.1 Å². The van der Waals surface area contributed by atoms with Crippen LogP contribution in [0.15, 0.2) is 60.1 Å². The van der Waals surface area contributed by atoms with E-state index in [2.05, 4.69) is 15.3 Å². The molecular weight excluding hydrogens is 408 g/mol. The maximum absolute atomic E-state index is 13.0. The molecule has 2 aromatic carbocycles. The number of carbonyl (C=O) groups is 1. The number of thiazole rings is 1. The molecule has 5 rings (SSSR count). The molecule has 1 N–H and O–H groups in total. The van der Waals surface area contributed by atoms with Crippen LogP contribution in [0.1, 0.15) is 15.4 Å². The monoisotopic (exact) mass is 432 g/mol. The van der Waals surface area contributed by atoms with Crippen LogP contribution in [-0.2, 0) is 6.54 Å². The van der Waals surface area contributed by atoms with E-state index >= 15 is 0 Å². The summed E-state index contributed by atoms with van der Waals surface area (Å²) in [7, 11) is 1.67. The Hall–Kier alpha value is -3.16. The molecule has 7 heteroatoms. The van der Waals surface area contributed by atoms with Gasteiger partial charge in [-0.1, -0.05) is 18.2 Å². The molecule has 0 radical (unpaired) electrons. The van der Waals surface area contributed by atoms with Crippen molar-refractivity contribution in [1.29, 1.82) is 0 Å². The van der Waals surface area contributed by atoms with Gasteiger partial charge in [-0.2, -0.15) is 0 Å². The number of hydrogen-bond donors (Lipinski definition) is 1. The summed E-state index contributed by atoms with van der Waals surface area (Å²) in [5, 5.41) is 4.19. The third kappa shape index (κ3) is 4.06. The van der Waals surface area contributed by atoms with Crippen molar-refractivity contribution < 1.29 is 9.53 Å². The summed E-state index contributed by atoms with van der Waals surface area (Å²) >= 11 is 1.69. The normalized spacial score (nSPS) is 14.8. The molecule has 0 aliphatic carbocycles. The number of carbonyl (C=O) groups excluding carboxylic acids is 1. The van der Waals surface area contributed by atoms with Crippen LogP contribution in [-0.4, -0.2) is 59.0 Å². The molecule has 1 aliphatic heterocycles. The molecule has 1 amide bonds. The van der Waals surface area contributed by atoms with E-state index in [4.69, 9.17) is 9.72 Å². The fraction of sp³-hybridized carbons (Fsp3) is 0.250. The molecule has 6 nitrogen and oxygen atoms in total. The van der Waals surface area contributed by atoms with E-state index in [9.17, 15) is 4.79 Å². The number of nitrogens with zero attached hydrogens (tertiary/aromatic N) is 3. The van der Waals surface area contributed by atoms with Gasteiger partial charge in [0.15, 0.2) is 0 Å². The zero-order chi connectivity index (χ0) is 21.2. The molecule has 2 aromatic heterocycles. The summed E-state index contributed by atoms with van der Waals surface area (Å²) in [6, 6.07) is 15.9. The Morgan fingerprint density at radius 3 is 2.65 bits per heavy atom. The molecular formula is C24H24N4O2S. The Bertz CT molecular complexity index is 1190. The number of hydrogen-bond acceptors (Lipinski definition) is 5. The van der Waals surface area contributed by atoms with Crippen molar-refractivity contribution in [3.63, 3.8) is 0 Å². The molecule has 1 aliphatic rings. The van der Waals surface area contributed by atoms with Crippen LogP contribution in [0.4, 0.5) is 0 Å². The first kappa shape index (κ1) is 19.8. The average molecular weight is 433 g/mol. The molecule has 0 spiro atoms. The molecule has 4 aromatic rings. The number of methoxy groups -OCH3 is 1. The first-order valence-electron chi connectivity index (χ1n) is 10.4. The fourth-order valence-electron chi connectivity index (χ4n) is 4.00. The fourth-order valence-corrected chi connectivity index (χ4v) is 4.84. The summed E-state index contributed by atoms with van der Waals surface area (Å²) in [5.41, 5.74) is 3.85. The number of ether oxygens (including phenoxy) is 1. The zero-order valence-corrected chi connectivity index (χ0v) is 18.2. The second kappa shape index (κ2) is 8.53. The van der Waals surface area contributed by atoms with Crippen LogP contribution in [0.2, 0.25) is 0 Å².